The largest absolute Gasteiger partial charge is 0.466 e. The standard InChI is InChI=1S/C10H13NO3/c1-2-14-10(13)5-8-3-4-9(7-12)11-6-8/h3-4,6,12H,2,5,7H2,1H3. The normalized spacial score (nSPS) is 9.86. The first-order valence-electron chi connectivity index (χ1n) is 4.46. The van der Waals surface area contributed by atoms with Gasteiger partial charge in [-0.05, 0) is 18.6 Å². The Kier molecular flexibility index (Phi) is 4.07. The lowest BCUT2D eigenvalue weighted by atomic mass is 10.2. The van der Waals surface area contributed by atoms with Crippen LogP contribution in [0.4, 0.5) is 0 Å². The Bertz CT molecular complexity index is 295. The highest BCUT2D eigenvalue weighted by molar-refractivity contribution is 5.72. The summed E-state index contributed by atoms with van der Waals surface area (Å²) in [5.41, 5.74) is 1.39. The summed E-state index contributed by atoms with van der Waals surface area (Å²) in [7, 11) is 0. The van der Waals surface area contributed by atoms with Gasteiger partial charge in [0.15, 0.2) is 0 Å². The molecule has 0 unspecified atom stereocenters. The third-order valence-corrected chi connectivity index (χ3v) is 1.70. The SMILES string of the molecule is CCOC(=O)Cc1ccc(CO)nc1. The number of rotatable bonds is 4. The predicted octanol–water partition coefficient (Wildman–Crippen LogP) is 0.679. The summed E-state index contributed by atoms with van der Waals surface area (Å²) in [6.07, 6.45) is 1.80. The number of esters is 1. The van der Waals surface area contributed by atoms with Crippen LogP contribution in [0.2, 0.25) is 0 Å². The van der Waals surface area contributed by atoms with Crippen LogP contribution in [0.3, 0.4) is 0 Å². The summed E-state index contributed by atoms with van der Waals surface area (Å²) in [5, 5.41) is 8.74. The topological polar surface area (TPSA) is 59.4 Å². The summed E-state index contributed by atoms with van der Waals surface area (Å²) in [6, 6.07) is 3.45. The van der Waals surface area contributed by atoms with Crippen LogP contribution >= 0.6 is 0 Å². The third-order valence-electron chi connectivity index (χ3n) is 1.70. The molecule has 0 atom stereocenters. The maximum Gasteiger partial charge on any atom is 0.310 e. The Balaban J connectivity index is 2.55. The molecule has 0 fully saturated rings. The van der Waals surface area contributed by atoms with E-state index in [1.165, 1.54) is 0 Å². The first-order valence-corrected chi connectivity index (χ1v) is 4.46. The van der Waals surface area contributed by atoms with E-state index in [0.29, 0.717) is 12.3 Å². The average Bonchev–Trinajstić information content (AvgIpc) is 2.19. The molecule has 1 aromatic rings. The number of aliphatic hydroxyl groups is 1. The average molecular weight is 195 g/mol. The molecule has 0 aliphatic heterocycles. The molecule has 0 saturated heterocycles. The van der Waals surface area contributed by atoms with E-state index in [-0.39, 0.29) is 19.0 Å². The smallest absolute Gasteiger partial charge is 0.310 e. The van der Waals surface area contributed by atoms with Crippen molar-refractivity contribution in [2.75, 3.05) is 6.61 Å². The molecule has 4 heteroatoms. The molecule has 1 rings (SSSR count). The molecule has 1 aromatic heterocycles. The fourth-order valence-electron chi connectivity index (χ4n) is 1.03. The molecule has 14 heavy (non-hydrogen) atoms. The van der Waals surface area contributed by atoms with Gasteiger partial charge in [-0.25, -0.2) is 0 Å². The first-order chi connectivity index (χ1) is 6.76. The molecule has 0 amide bonds. The Labute approximate surface area is 82.5 Å². The third kappa shape index (κ3) is 3.14. The molecular formula is C10H13NO3. The number of hydrogen-bond acceptors (Lipinski definition) is 4. The van der Waals surface area contributed by atoms with Gasteiger partial charge in [-0.2, -0.15) is 0 Å². The minimum absolute atomic E-state index is 0.0836. The van der Waals surface area contributed by atoms with E-state index in [4.69, 9.17) is 9.84 Å². The van der Waals surface area contributed by atoms with Crippen molar-refractivity contribution in [3.63, 3.8) is 0 Å². The second-order valence-electron chi connectivity index (χ2n) is 2.80. The van der Waals surface area contributed by atoms with E-state index in [2.05, 4.69) is 4.98 Å². The van der Waals surface area contributed by atoms with E-state index < -0.39 is 0 Å². The van der Waals surface area contributed by atoms with E-state index in [1.54, 1.807) is 25.3 Å². The van der Waals surface area contributed by atoms with Crippen LogP contribution in [0, 0.1) is 0 Å². The van der Waals surface area contributed by atoms with Crippen molar-refractivity contribution in [1.29, 1.82) is 0 Å². The Hall–Kier alpha value is -1.42. The van der Waals surface area contributed by atoms with Crippen LogP contribution < -0.4 is 0 Å². The number of carbonyl (C=O) groups is 1. The zero-order chi connectivity index (χ0) is 10.4. The molecule has 1 N–H and O–H groups in total. The van der Waals surface area contributed by atoms with E-state index in [1.807, 2.05) is 0 Å². The summed E-state index contributed by atoms with van der Waals surface area (Å²) in [4.78, 5) is 15.0. The molecule has 0 aromatic carbocycles. The zero-order valence-electron chi connectivity index (χ0n) is 8.06. The number of aliphatic hydroxyl groups excluding tert-OH is 1. The molecule has 0 saturated carbocycles. The summed E-state index contributed by atoms with van der Waals surface area (Å²) < 4.78 is 4.79. The summed E-state index contributed by atoms with van der Waals surface area (Å²) in [6.45, 7) is 2.08. The van der Waals surface area contributed by atoms with Gasteiger partial charge in [0.2, 0.25) is 0 Å². The van der Waals surface area contributed by atoms with Gasteiger partial charge in [-0.1, -0.05) is 6.07 Å². The van der Waals surface area contributed by atoms with Gasteiger partial charge < -0.3 is 9.84 Å². The minimum Gasteiger partial charge on any atom is -0.466 e. The molecule has 0 bridgehead atoms. The molecule has 0 radical (unpaired) electrons. The van der Waals surface area contributed by atoms with Gasteiger partial charge in [-0.3, -0.25) is 9.78 Å². The van der Waals surface area contributed by atoms with Crippen molar-refractivity contribution in [2.24, 2.45) is 0 Å². The lowest BCUT2D eigenvalue weighted by Gasteiger charge is -2.02. The van der Waals surface area contributed by atoms with Crippen LogP contribution in [0.1, 0.15) is 18.2 Å². The molecule has 1 heterocycles. The van der Waals surface area contributed by atoms with Crippen molar-refractivity contribution in [3.05, 3.63) is 29.6 Å². The van der Waals surface area contributed by atoms with Crippen LogP contribution in [-0.4, -0.2) is 22.7 Å². The fourth-order valence-corrected chi connectivity index (χ4v) is 1.03. The number of pyridine rings is 1. The molecule has 0 spiro atoms. The van der Waals surface area contributed by atoms with Gasteiger partial charge >= 0.3 is 5.97 Å². The number of ether oxygens (including phenoxy) is 1. The number of hydrogen-bond donors (Lipinski definition) is 1. The molecular weight excluding hydrogens is 182 g/mol. The predicted molar refractivity (Wildman–Crippen MR) is 50.5 cm³/mol. The Morgan fingerprint density at radius 3 is 2.86 bits per heavy atom. The van der Waals surface area contributed by atoms with Gasteiger partial charge in [0.05, 0.1) is 25.3 Å². The maximum absolute atomic E-state index is 11.1. The highest BCUT2D eigenvalue weighted by Crippen LogP contribution is 2.02. The van der Waals surface area contributed by atoms with Gasteiger partial charge in [0.25, 0.3) is 0 Å². The van der Waals surface area contributed by atoms with Gasteiger partial charge in [-0.15, -0.1) is 0 Å². The highest BCUT2D eigenvalue weighted by Gasteiger charge is 2.03. The molecule has 0 aliphatic carbocycles. The zero-order valence-corrected chi connectivity index (χ0v) is 8.06. The first kappa shape index (κ1) is 10.7. The minimum atomic E-state index is -0.258. The monoisotopic (exact) mass is 195 g/mol. The molecule has 4 nitrogen and oxygen atoms in total. The molecule has 0 aliphatic rings. The Morgan fingerprint density at radius 1 is 1.57 bits per heavy atom. The lowest BCUT2D eigenvalue weighted by Crippen LogP contribution is -2.07. The Morgan fingerprint density at radius 2 is 2.36 bits per heavy atom. The highest BCUT2D eigenvalue weighted by atomic mass is 16.5. The van der Waals surface area contributed by atoms with Crippen molar-refractivity contribution < 1.29 is 14.6 Å². The van der Waals surface area contributed by atoms with E-state index in [0.717, 1.165) is 5.56 Å². The van der Waals surface area contributed by atoms with Crippen molar-refractivity contribution in [3.8, 4) is 0 Å². The van der Waals surface area contributed by atoms with Crippen molar-refractivity contribution >= 4 is 5.97 Å². The van der Waals surface area contributed by atoms with Gasteiger partial charge in [0.1, 0.15) is 0 Å². The molecule has 76 valence electrons. The maximum atomic E-state index is 11.1. The second kappa shape index (κ2) is 5.34. The van der Waals surface area contributed by atoms with Crippen molar-refractivity contribution in [2.45, 2.75) is 20.0 Å². The van der Waals surface area contributed by atoms with Crippen LogP contribution in [0.25, 0.3) is 0 Å². The summed E-state index contributed by atoms with van der Waals surface area (Å²) in [5.74, 6) is -0.258. The number of carbonyl (C=O) groups excluding carboxylic acids is 1. The fraction of sp³-hybridized carbons (Fsp3) is 0.400. The number of nitrogens with zero attached hydrogens (tertiary/aromatic N) is 1. The van der Waals surface area contributed by atoms with Gasteiger partial charge in [0, 0.05) is 6.20 Å². The van der Waals surface area contributed by atoms with Crippen LogP contribution in [0.5, 0.6) is 0 Å². The van der Waals surface area contributed by atoms with Crippen LogP contribution in [-0.2, 0) is 22.6 Å². The summed E-state index contributed by atoms with van der Waals surface area (Å²) >= 11 is 0. The van der Waals surface area contributed by atoms with E-state index in [9.17, 15) is 4.79 Å². The number of aromatic nitrogens is 1. The van der Waals surface area contributed by atoms with Crippen molar-refractivity contribution in [1.82, 2.24) is 4.98 Å². The van der Waals surface area contributed by atoms with Crippen LogP contribution in [0.15, 0.2) is 18.3 Å². The van der Waals surface area contributed by atoms with E-state index >= 15 is 0 Å². The lowest BCUT2D eigenvalue weighted by molar-refractivity contribution is -0.142. The second-order valence-corrected chi connectivity index (χ2v) is 2.80. The quantitative estimate of drug-likeness (QED) is 0.718.